The number of carbonyl (C=O) groups is 1. The summed E-state index contributed by atoms with van der Waals surface area (Å²) in [6, 6.07) is 0. The number of carbonyl (C=O) groups excluding carboxylic acids is 1. The molecule has 4 nitrogen and oxygen atoms in total. The van der Waals surface area contributed by atoms with Gasteiger partial charge in [-0.15, -0.1) is 0 Å². The number of hydrogen-bond donors (Lipinski definition) is 0. The van der Waals surface area contributed by atoms with Crippen LogP contribution in [0.4, 0.5) is 0 Å². The number of amides is 1. The van der Waals surface area contributed by atoms with Gasteiger partial charge in [-0.3, -0.25) is 4.79 Å². The van der Waals surface area contributed by atoms with Crippen molar-refractivity contribution >= 4 is 5.91 Å². The van der Waals surface area contributed by atoms with Crippen LogP contribution in [0.15, 0.2) is 0 Å². The summed E-state index contributed by atoms with van der Waals surface area (Å²) in [5, 5.41) is 0. The van der Waals surface area contributed by atoms with E-state index in [0.717, 1.165) is 51.7 Å². The Hall–Kier alpha value is -0.610. The van der Waals surface area contributed by atoms with Crippen LogP contribution in [0.5, 0.6) is 0 Å². The highest BCUT2D eigenvalue weighted by atomic mass is 16.5. The fourth-order valence-electron chi connectivity index (χ4n) is 3.65. The first-order valence-electron chi connectivity index (χ1n) is 7.63. The molecule has 19 heavy (non-hydrogen) atoms. The van der Waals surface area contributed by atoms with E-state index in [0.29, 0.717) is 13.0 Å². The largest absolute Gasteiger partial charge is 0.382 e. The Labute approximate surface area is 116 Å². The third-order valence-electron chi connectivity index (χ3n) is 4.45. The fourth-order valence-corrected chi connectivity index (χ4v) is 3.65. The minimum atomic E-state index is -0.0564. The van der Waals surface area contributed by atoms with E-state index in [4.69, 9.17) is 9.47 Å². The SMILES string of the molecule is CCC[C@]1(COC)CCCN1C(=O)C[C@@H]1CCCO1. The van der Waals surface area contributed by atoms with Crippen LogP contribution in [-0.2, 0) is 14.3 Å². The zero-order valence-corrected chi connectivity index (χ0v) is 12.3. The molecular formula is C15H27NO3. The van der Waals surface area contributed by atoms with Crippen molar-refractivity contribution in [3.8, 4) is 0 Å². The van der Waals surface area contributed by atoms with Crippen molar-refractivity contribution in [1.29, 1.82) is 0 Å². The molecule has 2 aliphatic heterocycles. The standard InChI is InChI=1S/C15H27NO3/c1-3-7-15(12-18-2)8-5-9-16(15)14(17)11-13-6-4-10-19-13/h13H,3-12H2,1-2H3/t13-,15+/m0/s1. The molecule has 0 saturated carbocycles. The molecule has 2 aliphatic rings. The van der Waals surface area contributed by atoms with Crippen LogP contribution in [0, 0.1) is 0 Å². The molecule has 2 saturated heterocycles. The molecule has 0 aliphatic carbocycles. The van der Waals surface area contributed by atoms with Crippen molar-refractivity contribution in [3.63, 3.8) is 0 Å². The smallest absolute Gasteiger partial charge is 0.225 e. The van der Waals surface area contributed by atoms with Crippen molar-refractivity contribution in [2.24, 2.45) is 0 Å². The number of nitrogens with zero attached hydrogens (tertiary/aromatic N) is 1. The summed E-state index contributed by atoms with van der Waals surface area (Å²) in [5.41, 5.74) is -0.0564. The van der Waals surface area contributed by atoms with Gasteiger partial charge in [0.1, 0.15) is 0 Å². The van der Waals surface area contributed by atoms with E-state index in [9.17, 15) is 4.79 Å². The van der Waals surface area contributed by atoms with Gasteiger partial charge in [0.2, 0.25) is 5.91 Å². The lowest BCUT2D eigenvalue weighted by Crippen LogP contribution is -2.51. The summed E-state index contributed by atoms with van der Waals surface area (Å²) in [5.74, 6) is 0.259. The molecule has 2 rings (SSSR count). The maximum absolute atomic E-state index is 12.6. The van der Waals surface area contributed by atoms with Gasteiger partial charge in [0.25, 0.3) is 0 Å². The van der Waals surface area contributed by atoms with Gasteiger partial charge in [-0.05, 0) is 32.1 Å². The van der Waals surface area contributed by atoms with E-state index >= 15 is 0 Å². The van der Waals surface area contributed by atoms with E-state index in [2.05, 4.69) is 11.8 Å². The van der Waals surface area contributed by atoms with Crippen LogP contribution < -0.4 is 0 Å². The Morgan fingerprint density at radius 2 is 2.32 bits per heavy atom. The van der Waals surface area contributed by atoms with E-state index in [1.165, 1.54) is 0 Å². The summed E-state index contributed by atoms with van der Waals surface area (Å²) in [6.07, 6.45) is 7.13. The highest BCUT2D eigenvalue weighted by Crippen LogP contribution is 2.35. The molecule has 0 aromatic carbocycles. The monoisotopic (exact) mass is 269 g/mol. The van der Waals surface area contributed by atoms with Gasteiger partial charge >= 0.3 is 0 Å². The molecule has 1 amide bonds. The lowest BCUT2D eigenvalue weighted by Gasteiger charge is -2.38. The molecule has 0 aromatic heterocycles. The Morgan fingerprint density at radius 1 is 1.47 bits per heavy atom. The fraction of sp³-hybridized carbons (Fsp3) is 0.933. The Bertz CT molecular complexity index is 294. The van der Waals surface area contributed by atoms with E-state index in [1.54, 1.807) is 7.11 Å². The van der Waals surface area contributed by atoms with Crippen LogP contribution >= 0.6 is 0 Å². The van der Waals surface area contributed by atoms with Crippen LogP contribution in [0.25, 0.3) is 0 Å². The maximum Gasteiger partial charge on any atom is 0.225 e. The quantitative estimate of drug-likeness (QED) is 0.743. The van der Waals surface area contributed by atoms with Crippen molar-refractivity contribution < 1.29 is 14.3 Å². The lowest BCUT2D eigenvalue weighted by atomic mass is 9.91. The molecule has 0 unspecified atom stereocenters. The average molecular weight is 269 g/mol. The number of likely N-dealkylation sites (tertiary alicyclic amines) is 1. The number of hydrogen-bond acceptors (Lipinski definition) is 3. The predicted octanol–water partition coefficient (Wildman–Crippen LogP) is 2.36. The first kappa shape index (κ1) is 14.8. The van der Waals surface area contributed by atoms with Gasteiger partial charge < -0.3 is 14.4 Å². The van der Waals surface area contributed by atoms with Gasteiger partial charge in [-0.1, -0.05) is 13.3 Å². The van der Waals surface area contributed by atoms with Crippen LogP contribution in [0.1, 0.15) is 51.9 Å². The van der Waals surface area contributed by atoms with E-state index in [1.807, 2.05) is 0 Å². The first-order chi connectivity index (χ1) is 9.22. The van der Waals surface area contributed by atoms with Gasteiger partial charge in [0, 0.05) is 20.3 Å². The van der Waals surface area contributed by atoms with Crippen molar-refractivity contribution in [1.82, 2.24) is 4.90 Å². The molecule has 0 bridgehead atoms. The molecular weight excluding hydrogens is 242 g/mol. The van der Waals surface area contributed by atoms with Gasteiger partial charge in [0.15, 0.2) is 0 Å². The topological polar surface area (TPSA) is 38.8 Å². The molecule has 0 aromatic rings. The van der Waals surface area contributed by atoms with Crippen LogP contribution in [-0.4, -0.2) is 49.3 Å². The Kier molecular flexibility index (Phi) is 5.22. The molecule has 0 N–H and O–H groups in total. The maximum atomic E-state index is 12.6. The van der Waals surface area contributed by atoms with Crippen molar-refractivity contribution in [2.75, 3.05) is 26.9 Å². The van der Waals surface area contributed by atoms with E-state index in [-0.39, 0.29) is 17.6 Å². The second-order valence-corrected chi connectivity index (χ2v) is 5.90. The van der Waals surface area contributed by atoms with Gasteiger partial charge in [-0.2, -0.15) is 0 Å². The van der Waals surface area contributed by atoms with Gasteiger partial charge in [0.05, 0.1) is 24.7 Å². The predicted molar refractivity (Wildman–Crippen MR) is 74.1 cm³/mol. The minimum Gasteiger partial charge on any atom is -0.382 e. The molecule has 0 radical (unpaired) electrons. The molecule has 2 heterocycles. The minimum absolute atomic E-state index is 0.0564. The second kappa shape index (κ2) is 6.71. The van der Waals surface area contributed by atoms with Gasteiger partial charge in [-0.25, -0.2) is 0 Å². The lowest BCUT2D eigenvalue weighted by molar-refractivity contribution is -0.140. The molecule has 2 fully saturated rings. The number of methoxy groups -OCH3 is 1. The third-order valence-corrected chi connectivity index (χ3v) is 4.45. The van der Waals surface area contributed by atoms with E-state index < -0.39 is 0 Å². The van der Waals surface area contributed by atoms with Crippen LogP contribution in [0.3, 0.4) is 0 Å². The number of ether oxygens (including phenoxy) is 2. The normalized spacial score (nSPS) is 31.1. The molecule has 2 atom stereocenters. The zero-order chi connectivity index (χ0) is 13.7. The summed E-state index contributed by atoms with van der Waals surface area (Å²) in [6.45, 7) is 4.54. The second-order valence-electron chi connectivity index (χ2n) is 5.90. The molecule has 110 valence electrons. The summed E-state index contributed by atoms with van der Waals surface area (Å²) in [7, 11) is 1.73. The van der Waals surface area contributed by atoms with Crippen molar-refractivity contribution in [2.45, 2.75) is 63.5 Å². The molecule has 0 spiro atoms. The molecule has 4 heteroatoms. The van der Waals surface area contributed by atoms with Crippen LogP contribution in [0.2, 0.25) is 0 Å². The highest BCUT2D eigenvalue weighted by molar-refractivity contribution is 5.78. The first-order valence-corrected chi connectivity index (χ1v) is 7.63. The number of rotatable bonds is 6. The summed E-state index contributed by atoms with van der Waals surface area (Å²) < 4.78 is 11.0. The zero-order valence-electron chi connectivity index (χ0n) is 12.3. The highest BCUT2D eigenvalue weighted by Gasteiger charge is 2.43. The van der Waals surface area contributed by atoms with Crippen molar-refractivity contribution in [3.05, 3.63) is 0 Å². The summed E-state index contributed by atoms with van der Waals surface area (Å²) >= 11 is 0. The third kappa shape index (κ3) is 3.29. The Balaban J connectivity index is 2.00. The Morgan fingerprint density at radius 3 is 2.95 bits per heavy atom. The summed E-state index contributed by atoms with van der Waals surface area (Å²) in [4.78, 5) is 14.6. The average Bonchev–Trinajstić information content (AvgIpc) is 3.00.